The third-order valence-corrected chi connectivity index (χ3v) is 8.54. The van der Waals surface area contributed by atoms with Crippen molar-refractivity contribution in [1.29, 1.82) is 5.41 Å². The lowest BCUT2D eigenvalue weighted by molar-refractivity contribution is 1.55. The van der Waals surface area contributed by atoms with Gasteiger partial charge in [0.15, 0.2) is 0 Å². The Morgan fingerprint density at radius 3 is 1.87 bits per heavy atom. The first-order valence-corrected chi connectivity index (χ1v) is 13.9. The Morgan fingerprint density at radius 1 is 0.462 bits per heavy atom. The van der Waals surface area contributed by atoms with Crippen molar-refractivity contribution in [2.24, 2.45) is 0 Å². The lowest BCUT2D eigenvalue weighted by Gasteiger charge is -2.17. The number of benzene rings is 6. The van der Waals surface area contributed by atoms with Crippen molar-refractivity contribution in [2.75, 3.05) is 0 Å². The number of hydrogen-bond donors (Lipinski definition) is 1. The third-order valence-electron chi connectivity index (χ3n) is 7.40. The second kappa shape index (κ2) is 9.83. The summed E-state index contributed by atoms with van der Waals surface area (Å²) in [7, 11) is 0. The van der Waals surface area contributed by atoms with Crippen LogP contribution in [0.15, 0.2) is 140 Å². The molecule has 2 heteroatoms. The first-order valence-electron chi connectivity index (χ1n) is 13.1. The van der Waals surface area contributed by atoms with Crippen LogP contribution in [0.1, 0.15) is 5.56 Å². The van der Waals surface area contributed by atoms with E-state index in [2.05, 4.69) is 127 Å². The van der Waals surface area contributed by atoms with E-state index >= 15 is 0 Å². The Balaban J connectivity index is 1.50. The Kier molecular flexibility index (Phi) is 5.88. The van der Waals surface area contributed by atoms with Crippen molar-refractivity contribution in [1.82, 2.24) is 0 Å². The van der Waals surface area contributed by atoms with E-state index in [0.717, 1.165) is 5.56 Å². The van der Waals surface area contributed by atoms with Gasteiger partial charge in [-0.2, -0.15) is 0 Å². The summed E-state index contributed by atoms with van der Waals surface area (Å²) in [5, 5.41) is 10.4. The van der Waals surface area contributed by atoms with E-state index in [1.807, 2.05) is 12.1 Å². The molecule has 0 aliphatic heterocycles. The van der Waals surface area contributed by atoms with E-state index in [1.54, 1.807) is 11.3 Å². The second-order valence-corrected chi connectivity index (χ2v) is 10.8. The van der Waals surface area contributed by atoms with Crippen LogP contribution in [-0.4, -0.2) is 6.21 Å². The lowest BCUT2D eigenvalue weighted by Crippen LogP contribution is -1.91. The normalized spacial score (nSPS) is 11.2. The maximum atomic E-state index is 8.00. The van der Waals surface area contributed by atoms with Gasteiger partial charge in [-0.3, -0.25) is 0 Å². The fourth-order valence-corrected chi connectivity index (χ4v) is 6.71. The molecule has 0 amide bonds. The molecule has 0 saturated heterocycles. The van der Waals surface area contributed by atoms with Crippen LogP contribution in [0.25, 0.3) is 64.7 Å². The van der Waals surface area contributed by atoms with Crippen LogP contribution < -0.4 is 0 Å². The minimum absolute atomic E-state index is 0.963. The molecule has 6 aromatic carbocycles. The molecule has 184 valence electrons. The highest BCUT2D eigenvalue weighted by atomic mass is 32.1. The average molecular weight is 516 g/mol. The van der Waals surface area contributed by atoms with E-state index in [9.17, 15) is 0 Å². The van der Waals surface area contributed by atoms with Crippen molar-refractivity contribution in [3.8, 4) is 44.5 Å². The zero-order valence-corrected chi connectivity index (χ0v) is 22.1. The van der Waals surface area contributed by atoms with Crippen LogP contribution >= 0.6 is 11.3 Å². The van der Waals surface area contributed by atoms with Gasteiger partial charge in [-0.1, -0.05) is 115 Å². The zero-order valence-electron chi connectivity index (χ0n) is 21.3. The Morgan fingerprint density at radius 2 is 1.10 bits per heavy atom. The Labute approximate surface area is 232 Å². The molecular weight excluding hydrogens is 490 g/mol. The van der Waals surface area contributed by atoms with Gasteiger partial charge in [0.05, 0.1) is 0 Å². The summed E-state index contributed by atoms with van der Waals surface area (Å²) in [5.41, 5.74) is 10.6. The average Bonchev–Trinajstić information content (AvgIpc) is 3.40. The smallest absolute Gasteiger partial charge is 0.0361 e. The molecule has 0 unspecified atom stereocenters. The maximum Gasteiger partial charge on any atom is 0.0361 e. The largest absolute Gasteiger partial charge is 0.308 e. The molecule has 0 aliphatic carbocycles. The molecule has 0 aliphatic rings. The number of hydrogen-bond acceptors (Lipinski definition) is 2. The molecule has 0 saturated carbocycles. The van der Waals surface area contributed by atoms with E-state index < -0.39 is 0 Å². The van der Waals surface area contributed by atoms with Crippen LogP contribution in [0.5, 0.6) is 0 Å². The predicted molar refractivity (Wildman–Crippen MR) is 169 cm³/mol. The molecule has 0 fully saturated rings. The van der Waals surface area contributed by atoms with Gasteiger partial charge in [-0.05, 0) is 68.8 Å². The molecule has 1 heterocycles. The van der Waals surface area contributed by atoms with Gasteiger partial charge in [-0.15, -0.1) is 11.3 Å². The fraction of sp³-hybridized carbons (Fsp3) is 0. The predicted octanol–water partition coefficient (Wildman–Crippen LogP) is 10.7. The molecule has 1 aromatic heterocycles. The molecular formula is C37H25NS. The van der Waals surface area contributed by atoms with Crippen molar-refractivity contribution in [3.05, 3.63) is 145 Å². The van der Waals surface area contributed by atoms with E-state index in [0.29, 0.717) is 0 Å². The van der Waals surface area contributed by atoms with E-state index in [4.69, 9.17) is 5.41 Å². The summed E-state index contributed by atoms with van der Waals surface area (Å²) in [6.45, 7) is 0. The second-order valence-electron chi connectivity index (χ2n) is 9.72. The third kappa shape index (κ3) is 4.16. The lowest BCUT2D eigenvalue weighted by atomic mass is 9.86. The molecule has 1 N–H and O–H groups in total. The first kappa shape index (κ1) is 23.3. The molecule has 1 nitrogen and oxygen atoms in total. The number of rotatable bonds is 5. The number of thiophene rings is 1. The quantitative estimate of drug-likeness (QED) is 0.220. The highest BCUT2D eigenvalue weighted by Crippen LogP contribution is 2.43. The van der Waals surface area contributed by atoms with Crippen LogP contribution in [0.4, 0.5) is 0 Å². The Hall–Kier alpha value is -4.79. The summed E-state index contributed by atoms with van der Waals surface area (Å²) in [6, 6.07) is 49.8. The topological polar surface area (TPSA) is 23.9 Å². The minimum atomic E-state index is 0.963. The fourth-order valence-electron chi connectivity index (χ4n) is 5.59. The summed E-state index contributed by atoms with van der Waals surface area (Å²) in [4.78, 5) is 0. The summed E-state index contributed by atoms with van der Waals surface area (Å²) < 4.78 is 2.46. The van der Waals surface area contributed by atoms with Crippen LogP contribution in [0.2, 0.25) is 0 Å². The van der Waals surface area contributed by atoms with Gasteiger partial charge >= 0.3 is 0 Å². The van der Waals surface area contributed by atoms with Crippen LogP contribution in [-0.2, 0) is 0 Å². The molecule has 7 aromatic rings. The van der Waals surface area contributed by atoms with Gasteiger partial charge in [0.1, 0.15) is 0 Å². The van der Waals surface area contributed by atoms with Gasteiger partial charge in [-0.25, -0.2) is 0 Å². The minimum Gasteiger partial charge on any atom is -0.308 e. The van der Waals surface area contributed by atoms with Gasteiger partial charge in [0, 0.05) is 32.0 Å². The molecule has 0 bridgehead atoms. The van der Waals surface area contributed by atoms with Gasteiger partial charge in [0.25, 0.3) is 0 Å². The zero-order chi connectivity index (χ0) is 26.2. The Bertz CT molecular complexity index is 1970. The molecule has 0 radical (unpaired) electrons. The first-order chi connectivity index (χ1) is 19.3. The summed E-state index contributed by atoms with van der Waals surface area (Å²) >= 11 is 1.79. The standard InChI is InChI=1S/C37H25NS/c38-24-30-16-8-19-35-37(30)33-23-28(20-21-34(33)39-35)32-18-9-17-31(26-12-5-2-6-13-26)36(32)29-15-7-14-27(22-29)25-10-3-1-4-11-25/h1-24,38H. The highest BCUT2D eigenvalue weighted by Gasteiger charge is 2.16. The molecule has 7 rings (SSSR count). The number of fused-ring (bicyclic) bond motifs is 3. The number of nitrogens with one attached hydrogen (secondary N) is 1. The summed E-state index contributed by atoms with van der Waals surface area (Å²) in [6.07, 6.45) is 1.47. The van der Waals surface area contributed by atoms with Crippen molar-refractivity contribution in [2.45, 2.75) is 0 Å². The van der Waals surface area contributed by atoms with Crippen molar-refractivity contribution >= 4 is 37.7 Å². The van der Waals surface area contributed by atoms with E-state index in [-0.39, 0.29) is 0 Å². The monoisotopic (exact) mass is 515 g/mol. The van der Waals surface area contributed by atoms with E-state index in [1.165, 1.54) is 70.9 Å². The molecule has 0 atom stereocenters. The maximum absolute atomic E-state index is 8.00. The van der Waals surface area contributed by atoms with Gasteiger partial charge < -0.3 is 5.41 Å². The summed E-state index contributed by atoms with van der Waals surface area (Å²) in [5.74, 6) is 0. The van der Waals surface area contributed by atoms with Crippen molar-refractivity contribution < 1.29 is 0 Å². The highest BCUT2D eigenvalue weighted by molar-refractivity contribution is 7.25. The molecule has 39 heavy (non-hydrogen) atoms. The molecule has 0 spiro atoms. The SMILES string of the molecule is N=Cc1cccc2sc3ccc(-c4cccc(-c5ccccc5)c4-c4cccc(-c5ccccc5)c4)cc3c12. The van der Waals surface area contributed by atoms with Gasteiger partial charge in [0.2, 0.25) is 0 Å². The van der Waals surface area contributed by atoms with Crippen molar-refractivity contribution in [3.63, 3.8) is 0 Å². The van der Waals surface area contributed by atoms with Crippen LogP contribution in [0, 0.1) is 5.41 Å². The van der Waals surface area contributed by atoms with Crippen LogP contribution in [0.3, 0.4) is 0 Å².